The third-order valence-corrected chi connectivity index (χ3v) is 4.38. The average Bonchev–Trinajstić information content (AvgIpc) is 2.99. The summed E-state index contributed by atoms with van der Waals surface area (Å²) < 4.78 is 10.9. The summed E-state index contributed by atoms with van der Waals surface area (Å²) in [5.41, 5.74) is 4.04. The lowest BCUT2D eigenvalue weighted by Gasteiger charge is -2.34. The maximum Gasteiger partial charge on any atom is 0.249 e. The van der Waals surface area contributed by atoms with Crippen molar-refractivity contribution in [2.75, 3.05) is 17.0 Å². The molecular formula is C18H18N2O3. The molecule has 1 N–H and O–H groups in total. The lowest BCUT2D eigenvalue weighted by Crippen LogP contribution is -2.45. The van der Waals surface area contributed by atoms with Gasteiger partial charge in [-0.15, -0.1) is 0 Å². The maximum atomic E-state index is 12.7. The van der Waals surface area contributed by atoms with Crippen LogP contribution in [0, 0.1) is 6.92 Å². The summed E-state index contributed by atoms with van der Waals surface area (Å²) in [5, 5.41) is 3.24. The van der Waals surface area contributed by atoms with E-state index in [1.807, 2.05) is 36.1 Å². The quantitative estimate of drug-likeness (QED) is 0.926. The maximum absolute atomic E-state index is 12.7. The standard InChI is InChI=1S/C18H18N2O3/c1-11-5-3-4-6-13(11)9-20-15-8-17-16(22-10-23-17)7-14(15)19-12(2)18(20)21/h3-8,12,19H,9-10H2,1-2H3. The zero-order valence-corrected chi connectivity index (χ0v) is 13.1. The number of rotatable bonds is 2. The van der Waals surface area contributed by atoms with E-state index in [4.69, 9.17) is 9.47 Å². The summed E-state index contributed by atoms with van der Waals surface area (Å²) >= 11 is 0. The Kier molecular flexibility index (Phi) is 3.15. The normalized spacial score (nSPS) is 18.6. The van der Waals surface area contributed by atoms with E-state index in [0.29, 0.717) is 18.0 Å². The zero-order chi connectivity index (χ0) is 16.0. The molecule has 1 unspecified atom stereocenters. The van der Waals surface area contributed by atoms with Gasteiger partial charge in [-0.1, -0.05) is 24.3 Å². The smallest absolute Gasteiger partial charge is 0.249 e. The molecule has 0 saturated heterocycles. The van der Waals surface area contributed by atoms with Gasteiger partial charge in [-0.2, -0.15) is 0 Å². The number of nitrogens with zero attached hydrogens (tertiary/aromatic N) is 1. The first-order valence-electron chi connectivity index (χ1n) is 7.69. The molecule has 0 fully saturated rings. The molecule has 4 rings (SSSR count). The minimum atomic E-state index is -0.271. The second kappa shape index (κ2) is 5.19. The lowest BCUT2D eigenvalue weighted by molar-refractivity contribution is -0.119. The monoisotopic (exact) mass is 310 g/mol. The van der Waals surface area contributed by atoms with E-state index >= 15 is 0 Å². The van der Waals surface area contributed by atoms with Crippen molar-refractivity contribution < 1.29 is 14.3 Å². The molecule has 2 aromatic rings. The number of amides is 1. The van der Waals surface area contributed by atoms with Crippen LogP contribution in [-0.4, -0.2) is 18.7 Å². The van der Waals surface area contributed by atoms with Crippen molar-refractivity contribution in [2.24, 2.45) is 0 Å². The Balaban J connectivity index is 1.77. The Bertz CT molecular complexity index is 788. The van der Waals surface area contributed by atoms with E-state index in [2.05, 4.69) is 24.4 Å². The van der Waals surface area contributed by atoms with Crippen molar-refractivity contribution >= 4 is 17.3 Å². The molecule has 5 nitrogen and oxygen atoms in total. The minimum Gasteiger partial charge on any atom is -0.454 e. The number of nitrogens with one attached hydrogen (secondary N) is 1. The number of aryl methyl sites for hydroxylation is 1. The number of anilines is 2. The number of fused-ring (bicyclic) bond motifs is 2. The van der Waals surface area contributed by atoms with E-state index < -0.39 is 0 Å². The van der Waals surface area contributed by atoms with Crippen LogP contribution in [0.1, 0.15) is 18.1 Å². The highest BCUT2D eigenvalue weighted by atomic mass is 16.7. The molecule has 0 aliphatic carbocycles. The third kappa shape index (κ3) is 2.29. The molecule has 1 atom stereocenters. The van der Waals surface area contributed by atoms with Crippen molar-refractivity contribution in [3.63, 3.8) is 0 Å². The Morgan fingerprint density at radius 3 is 2.74 bits per heavy atom. The third-order valence-electron chi connectivity index (χ3n) is 4.38. The van der Waals surface area contributed by atoms with Crippen LogP contribution in [0.4, 0.5) is 11.4 Å². The van der Waals surface area contributed by atoms with E-state index in [1.165, 1.54) is 5.56 Å². The predicted molar refractivity (Wildman–Crippen MR) is 88.0 cm³/mol. The molecule has 0 spiro atoms. The number of benzene rings is 2. The fourth-order valence-electron chi connectivity index (χ4n) is 3.04. The van der Waals surface area contributed by atoms with Crippen LogP contribution in [0.15, 0.2) is 36.4 Å². The lowest BCUT2D eigenvalue weighted by atomic mass is 10.0. The van der Waals surface area contributed by atoms with Gasteiger partial charge < -0.3 is 19.7 Å². The van der Waals surface area contributed by atoms with Gasteiger partial charge in [-0.3, -0.25) is 4.79 Å². The predicted octanol–water partition coefficient (Wildman–Crippen LogP) is 3.07. The van der Waals surface area contributed by atoms with Crippen molar-refractivity contribution in [3.05, 3.63) is 47.5 Å². The molecule has 0 saturated carbocycles. The van der Waals surface area contributed by atoms with Gasteiger partial charge >= 0.3 is 0 Å². The van der Waals surface area contributed by atoms with E-state index in [1.54, 1.807) is 0 Å². The molecule has 23 heavy (non-hydrogen) atoms. The summed E-state index contributed by atoms with van der Waals surface area (Å²) in [5.74, 6) is 1.45. The Morgan fingerprint density at radius 1 is 1.22 bits per heavy atom. The first kappa shape index (κ1) is 13.9. The molecule has 5 heteroatoms. The summed E-state index contributed by atoms with van der Waals surface area (Å²) in [6.45, 7) is 4.70. The Labute approximate surface area is 134 Å². The van der Waals surface area contributed by atoms with Gasteiger partial charge in [-0.25, -0.2) is 0 Å². The minimum absolute atomic E-state index is 0.0552. The molecule has 2 aliphatic heterocycles. The fraction of sp³-hybridized carbons (Fsp3) is 0.278. The topological polar surface area (TPSA) is 50.8 Å². The first-order valence-corrected chi connectivity index (χ1v) is 7.69. The number of ether oxygens (including phenoxy) is 2. The Morgan fingerprint density at radius 2 is 1.96 bits per heavy atom. The van der Waals surface area contributed by atoms with Crippen LogP contribution in [0.2, 0.25) is 0 Å². The van der Waals surface area contributed by atoms with Gasteiger partial charge in [0.2, 0.25) is 12.7 Å². The summed E-state index contributed by atoms with van der Waals surface area (Å²) in [6, 6.07) is 11.6. The number of carbonyl (C=O) groups is 1. The molecule has 2 aliphatic rings. The van der Waals surface area contributed by atoms with Crippen LogP contribution >= 0.6 is 0 Å². The van der Waals surface area contributed by atoms with Crippen molar-refractivity contribution in [2.45, 2.75) is 26.4 Å². The number of carbonyl (C=O) groups excluding carboxylic acids is 1. The molecule has 118 valence electrons. The second-order valence-corrected chi connectivity index (χ2v) is 5.94. The molecule has 0 radical (unpaired) electrons. The van der Waals surface area contributed by atoms with Crippen molar-refractivity contribution in [1.82, 2.24) is 0 Å². The van der Waals surface area contributed by atoms with Crippen molar-refractivity contribution in [1.29, 1.82) is 0 Å². The highest BCUT2D eigenvalue weighted by Gasteiger charge is 2.32. The molecule has 2 heterocycles. The average molecular weight is 310 g/mol. The SMILES string of the molecule is Cc1ccccc1CN1C(=O)C(C)Nc2cc3c(cc21)OCO3. The summed E-state index contributed by atoms with van der Waals surface area (Å²) in [4.78, 5) is 14.5. The van der Waals surface area contributed by atoms with Crippen LogP contribution in [0.5, 0.6) is 11.5 Å². The molecule has 0 bridgehead atoms. The van der Waals surface area contributed by atoms with Gasteiger partial charge in [0, 0.05) is 12.1 Å². The molecule has 0 aromatic heterocycles. The van der Waals surface area contributed by atoms with E-state index in [-0.39, 0.29) is 18.7 Å². The second-order valence-electron chi connectivity index (χ2n) is 5.94. The highest BCUT2D eigenvalue weighted by Crippen LogP contribution is 2.43. The van der Waals surface area contributed by atoms with Crippen LogP contribution in [0.3, 0.4) is 0 Å². The van der Waals surface area contributed by atoms with E-state index in [0.717, 1.165) is 16.9 Å². The Hall–Kier alpha value is -2.69. The van der Waals surface area contributed by atoms with Gasteiger partial charge in [0.05, 0.1) is 17.9 Å². The van der Waals surface area contributed by atoms with Gasteiger partial charge in [0.1, 0.15) is 6.04 Å². The van der Waals surface area contributed by atoms with Crippen LogP contribution < -0.4 is 19.7 Å². The largest absolute Gasteiger partial charge is 0.454 e. The highest BCUT2D eigenvalue weighted by molar-refractivity contribution is 6.05. The molecule has 1 amide bonds. The first-order chi connectivity index (χ1) is 11.1. The van der Waals surface area contributed by atoms with Crippen LogP contribution in [0.25, 0.3) is 0 Å². The fourth-order valence-corrected chi connectivity index (χ4v) is 3.04. The molecular weight excluding hydrogens is 292 g/mol. The summed E-state index contributed by atoms with van der Waals surface area (Å²) in [7, 11) is 0. The summed E-state index contributed by atoms with van der Waals surface area (Å²) in [6.07, 6.45) is 0. The zero-order valence-electron chi connectivity index (χ0n) is 13.1. The van der Waals surface area contributed by atoms with Gasteiger partial charge in [0.15, 0.2) is 11.5 Å². The number of hydrogen-bond acceptors (Lipinski definition) is 4. The van der Waals surface area contributed by atoms with Gasteiger partial charge in [-0.05, 0) is 25.0 Å². The molecule has 2 aromatic carbocycles. The van der Waals surface area contributed by atoms with E-state index in [9.17, 15) is 4.79 Å². The van der Waals surface area contributed by atoms with Crippen molar-refractivity contribution in [3.8, 4) is 11.5 Å². The van der Waals surface area contributed by atoms with Gasteiger partial charge in [0.25, 0.3) is 0 Å². The van der Waals surface area contributed by atoms with Crippen LogP contribution in [-0.2, 0) is 11.3 Å². The number of hydrogen-bond donors (Lipinski definition) is 1.